The van der Waals surface area contributed by atoms with Gasteiger partial charge in [0.25, 0.3) is 0 Å². The van der Waals surface area contributed by atoms with E-state index in [2.05, 4.69) is 6.92 Å². The van der Waals surface area contributed by atoms with Gasteiger partial charge in [-0.15, -0.1) is 0 Å². The highest BCUT2D eigenvalue weighted by Crippen LogP contribution is 2.27. The van der Waals surface area contributed by atoms with Crippen molar-refractivity contribution in [3.63, 3.8) is 0 Å². The summed E-state index contributed by atoms with van der Waals surface area (Å²) in [7, 11) is 0. The largest absolute Gasteiger partial charge is 0.481 e. The van der Waals surface area contributed by atoms with E-state index in [0.717, 1.165) is 25.7 Å². The summed E-state index contributed by atoms with van der Waals surface area (Å²) in [5, 5.41) is 17.6. The molecule has 0 amide bonds. The van der Waals surface area contributed by atoms with E-state index < -0.39 is 17.9 Å². The van der Waals surface area contributed by atoms with Crippen LogP contribution in [0.25, 0.3) is 0 Å². The SMILES string of the molecule is CCCCCC1CCC(CCCC(C(=O)O)C(=O)O)O1. The number of hydrogen-bond donors (Lipinski definition) is 2. The summed E-state index contributed by atoms with van der Waals surface area (Å²) in [5.74, 6) is -3.78. The van der Waals surface area contributed by atoms with Gasteiger partial charge in [-0.25, -0.2) is 0 Å². The second kappa shape index (κ2) is 8.95. The van der Waals surface area contributed by atoms with Crippen LogP contribution >= 0.6 is 0 Å². The minimum atomic E-state index is -1.28. The van der Waals surface area contributed by atoms with E-state index in [1.807, 2.05) is 0 Å². The average Bonchev–Trinajstić information content (AvgIpc) is 2.82. The Kier molecular flexibility index (Phi) is 7.59. The summed E-state index contributed by atoms with van der Waals surface area (Å²) in [5.41, 5.74) is 0. The Hall–Kier alpha value is -1.10. The Morgan fingerprint density at radius 1 is 1.05 bits per heavy atom. The van der Waals surface area contributed by atoms with Crippen molar-refractivity contribution in [3.05, 3.63) is 0 Å². The molecule has 0 bridgehead atoms. The molecule has 1 fully saturated rings. The van der Waals surface area contributed by atoms with Crippen LogP contribution in [0.2, 0.25) is 0 Å². The molecule has 0 aliphatic carbocycles. The molecule has 5 heteroatoms. The van der Waals surface area contributed by atoms with Crippen molar-refractivity contribution < 1.29 is 24.5 Å². The first-order chi connectivity index (χ1) is 9.54. The highest BCUT2D eigenvalue weighted by atomic mass is 16.5. The predicted molar refractivity (Wildman–Crippen MR) is 74.6 cm³/mol. The number of ether oxygens (including phenoxy) is 1. The molecule has 0 spiro atoms. The molecule has 116 valence electrons. The first-order valence-corrected chi connectivity index (χ1v) is 7.65. The number of unbranched alkanes of at least 4 members (excludes halogenated alkanes) is 2. The zero-order valence-corrected chi connectivity index (χ0v) is 12.2. The van der Waals surface area contributed by atoms with E-state index in [0.29, 0.717) is 12.5 Å². The fraction of sp³-hybridized carbons (Fsp3) is 0.867. The molecule has 20 heavy (non-hydrogen) atoms. The summed E-state index contributed by atoms with van der Waals surface area (Å²) in [4.78, 5) is 21.5. The minimum Gasteiger partial charge on any atom is -0.481 e. The lowest BCUT2D eigenvalue weighted by Gasteiger charge is -2.14. The van der Waals surface area contributed by atoms with Crippen molar-refractivity contribution in [1.29, 1.82) is 0 Å². The molecule has 0 aromatic rings. The van der Waals surface area contributed by atoms with E-state index in [4.69, 9.17) is 14.9 Å². The van der Waals surface area contributed by atoms with Gasteiger partial charge in [0.2, 0.25) is 0 Å². The highest BCUT2D eigenvalue weighted by molar-refractivity contribution is 5.92. The van der Waals surface area contributed by atoms with Crippen LogP contribution in [0.5, 0.6) is 0 Å². The summed E-state index contributed by atoms with van der Waals surface area (Å²) in [6, 6.07) is 0. The molecular formula is C15H26O5. The number of carboxylic acid groups (broad SMARTS) is 2. The van der Waals surface area contributed by atoms with Gasteiger partial charge in [0.05, 0.1) is 12.2 Å². The third kappa shape index (κ3) is 5.90. The monoisotopic (exact) mass is 286 g/mol. The van der Waals surface area contributed by atoms with Gasteiger partial charge in [-0.05, 0) is 38.5 Å². The maximum Gasteiger partial charge on any atom is 0.317 e. The number of hydrogen-bond acceptors (Lipinski definition) is 3. The van der Waals surface area contributed by atoms with Gasteiger partial charge in [-0.2, -0.15) is 0 Å². The van der Waals surface area contributed by atoms with Crippen molar-refractivity contribution in [2.75, 3.05) is 0 Å². The van der Waals surface area contributed by atoms with Crippen LogP contribution in [0.3, 0.4) is 0 Å². The Morgan fingerprint density at radius 2 is 1.60 bits per heavy atom. The molecule has 1 aliphatic rings. The van der Waals surface area contributed by atoms with E-state index in [9.17, 15) is 9.59 Å². The lowest BCUT2D eigenvalue weighted by Crippen LogP contribution is -2.23. The molecule has 0 aromatic heterocycles. The molecule has 2 atom stereocenters. The molecule has 1 aliphatic heterocycles. The predicted octanol–water partition coefficient (Wildman–Crippen LogP) is 3.07. The lowest BCUT2D eigenvalue weighted by molar-refractivity contribution is -0.154. The van der Waals surface area contributed by atoms with Crippen LogP contribution in [0.1, 0.15) is 64.7 Å². The molecule has 1 rings (SSSR count). The number of carboxylic acids is 2. The second-order valence-electron chi connectivity index (χ2n) is 5.61. The third-order valence-electron chi connectivity index (χ3n) is 3.94. The van der Waals surface area contributed by atoms with E-state index >= 15 is 0 Å². The highest BCUT2D eigenvalue weighted by Gasteiger charge is 2.28. The van der Waals surface area contributed by atoms with E-state index in [-0.39, 0.29) is 12.5 Å². The molecule has 1 saturated heterocycles. The topological polar surface area (TPSA) is 83.8 Å². The first-order valence-electron chi connectivity index (χ1n) is 7.65. The summed E-state index contributed by atoms with van der Waals surface area (Å²) < 4.78 is 5.92. The summed E-state index contributed by atoms with van der Waals surface area (Å²) in [6.45, 7) is 2.18. The Bertz CT molecular complexity index is 301. The van der Waals surface area contributed by atoms with Crippen molar-refractivity contribution >= 4 is 11.9 Å². The van der Waals surface area contributed by atoms with Crippen LogP contribution in [-0.4, -0.2) is 34.4 Å². The minimum absolute atomic E-state index is 0.185. The maximum absolute atomic E-state index is 10.8. The normalized spacial score (nSPS) is 22.3. The average molecular weight is 286 g/mol. The molecular weight excluding hydrogens is 260 g/mol. The van der Waals surface area contributed by atoms with Gasteiger partial charge in [0.15, 0.2) is 5.92 Å². The van der Waals surface area contributed by atoms with Crippen molar-refractivity contribution in [1.82, 2.24) is 0 Å². The summed E-state index contributed by atoms with van der Waals surface area (Å²) in [6.07, 6.45) is 8.93. The Morgan fingerprint density at radius 3 is 2.10 bits per heavy atom. The van der Waals surface area contributed by atoms with Gasteiger partial charge in [-0.1, -0.05) is 26.2 Å². The molecule has 2 unspecified atom stereocenters. The molecule has 2 N–H and O–H groups in total. The quantitative estimate of drug-likeness (QED) is 0.476. The van der Waals surface area contributed by atoms with Crippen LogP contribution < -0.4 is 0 Å². The van der Waals surface area contributed by atoms with Crippen LogP contribution in [0, 0.1) is 5.92 Å². The van der Waals surface area contributed by atoms with E-state index in [1.165, 1.54) is 19.3 Å². The maximum atomic E-state index is 10.8. The van der Waals surface area contributed by atoms with Crippen LogP contribution in [-0.2, 0) is 14.3 Å². The van der Waals surface area contributed by atoms with Gasteiger partial charge in [-0.3, -0.25) is 9.59 Å². The number of carbonyl (C=O) groups is 2. The fourth-order valence-electron chi connectivity index (χ4n) is 2.73. The van der Waals surface area contributed by atoms with E-state index in [1.54, 1.807) is 0 Å². The standard InChI is InChI=1S/C15H26O5/c1-2-3-4-6-11-9-10-12(20-11)7-5-8-13(14(16)17)15(18)19/h11-13H,2-10H2,1H3,(H,16,17)(H,18,19). The van der Waals surface area contributed by atoms with Gasteiger partial charge in [0, 0.05) is 0 Å². The van der Waals surface area contributed by atoms with Crippen molar-refractivity contribution in [2.45, 2.75) is 76.9 Å². The van der Waals surface area contributed by atoms with Crippen LogP contribution in [0.4, 0.5) is 0 Å². The second-order valence-corrected chi connectivity index (χ2v) is 5.61. The Balaban J connectivity index is 2.17. The zero-order chi connectivity index (χ0) is 15.0. The molecule has 1 heterocycles. The fourth-order valence-corrected chi connectivity index (χ4v) is 2.73. The van der Waals surface area contributed by atoms with Crippen molar-refractivity contribution in [3.8, 4) is 0 Å². The third-order valence-corrected chi connectivity index (χ3v) is 3.94. The Labute approximate surface area is 120 Å². The van der Waals surface area contributed by atoms with Crippen molar-refractivity contribution in [2.24, 2.45) is 5.92 Å². The molecule has 5 nitrogen and oxygen atoms in total. The van der Waals surface area contributed by atoms with Crippen LogP contribution in [0.15, 0.2) is 0 Å². The van der Waals surface area contributed by atoms with Gasteiger partial charge < -0.3 is 14.9 Å². The lowest BCUT2D eigenvalue weighted by atomic mass is 10.00. The molecule has 0 radical (unpaired) electrons. The first kappa shape index (κ1) is 17.0. The molecule has 0 aromatic carbocycles. The summed E-state index contributed by atoms with van der Waals surface area (Å²) >= 11 is 0. The number of aliphatic carboxylic acids is 2. The number of rotatable bonds is 10. The molecule has 0 saturated carbocycles. The smallest absolute Gasteiger partial charge is 0.317 e. The van der Waals surface area contributed by atoms with Gasteiger partial charge >= 0.3 is 11.9 Å². The zero-order valence-electron chi connectivity index (χ0n) is 12.2. The van der Waals surface area contributed by atoms with Gasteiger partial charge in [0.1, 0.15) is 0 Å².